The summed E-state index contributed by atoms with van der Waals surface area (Å²) >= 11 is 0. The summed E-state index contributed by atoms with van der Waals surface area (Å²) in [6.07, 6.45) is -2.54. The smallest absolute Gasteiger partial charge is 0.344 e. The summed E-state index contributed by atoms with van der Waals surface area (Å²) in [7, 11) is 0. The van der Waals surface area contributed by atoms with Crippen LogP contribution in [-0.4, -0.2) is 10.2 Å². The van der Waals surface area contributed by atoms with Crippen LogP contribution in [0.4, 0.5) is 13.2 Å². The van der Waals surface area contributed by atoms with Crippen LogP contribution in [-0.2, 0) is 0 Å². The van der Waals surface area contributed by atoms with Crippen LogP contribution in [0.25, 0.3) is 11.1 Å². The molecule has 0 aliphatic heterocycles. The van der Waals surface area contributed by atoms with E-state index in [4.69, 9.17) is 0 Å². The molecule has 2 rings (SSSR count). The Morgan fingerprint density at radius 2 is 1.35 bits per heavy atom. The molecule has 6 heteroatoms. The predicted molar refractivity (Wildman–Crippen MR) is 66.2 cm³/mol. The summed E-state index contributed by atoms with van der Waals surface area (Å²) in [6, 6.07) is 7.59. The summed E-state index contributed by atoms with van der Waals surface area (Å²) < 4.78 is 40.6. The maximum Gasteiger partial charge on any atom is 0.344 e. The summed E-state index contributed by atoms with van der Waals surface area (Å²) in [5, 5.41) is 18.7. The summed E-state index contributed by atoms with van der Waals surface area (Å²) in [6.45, 7) is 0. The number of aromatic hydroxyl groups is 2. The molecule has 2 aromatic carbocycles. The Morgan fingerprint density at radius 3 is 1.85 bits per heavy atom. The largest absolute Gasteiger partial charge is 0.508 e. The number of ether oxygens (including phenoxy) is 1. The van der Waals surface area contributed by atoms with Crippen LogP contribution in [0.5, 0.6) is 17.2 Å². The molecule has 0 spiro atoms. The standard InChI is InChI=1S/C14H9F3O3/c15-13(16)14(17)20-12-3-1-8(2-4-12)9-5-10(18)7-11(19)6-9/h1-7,18-19H. The van der Waals surface area contributed by atoms with Gasteiger partial charge >= 0.3 is 12.1 Å². The highest BCUT2D eigenvalue weighted by Gasteiger charge is 2.08. The molecule has 0 fully saturated rings. The Morgan fingerprint density at radius 1 is 0.800 bits per heavy atom. The minimum atomic E-state index is -2.54. The molecule has 0 saturated heterocycles. The highest BCUT2D eigenvalue weighted by Crippen LogP contribution is 2.30. The van der Waals surface area contributed by atoms with E-state index in [2.05, 4.69) is 4.74 Å². The van der Waals surface area contributed by atoms with Gasteiger partial charge in [-0.25, -0.2) is 0 Å². The molecule has 2 aromatic rings. The van der Waals surface area contributed by atoms with Gasteiger partial charge in [0, 0.05) is 6.07 Å². The molecule has 0 amide bonds. The molecule has 20 heavy (non-hydrogen) atoms. The normalized spacial score (nSPS) is 10.2. The van der Waals surface area contributed by atoms with Crippen LogP contribution in [0.15, 0.2) is 54.6 Å². The SMILES string of the molecule is Oc1cc(O)cc(-c2ccc(OC(F)=C(F)F)cc2)c1. The Bertz CT molecular complexity index is 627. The van der Waals surface area contributed by atoms with Crippen molar-refractivity contribution in [1.82, 2.24) is 0 Å². The van der Waals surface area contributed by atoms with Gasteiger partial charge in [-0.1, -0.05) is 12.1 Å². The van der Waals surface area contributed by atoms with Crippen molar-refractivity contribution in [3.05, 3.63) is 54.6 Å². The number of halogens is 3. The average Bonchev–Trinajstić information content (AvgIpc) is 2.38. The van der Waals surface area contributed by atoms with Gasteiger partial charge in [-0.05, 0) is 35.4 Å². The second kappa shape index (κ2) is 5.56. The van der Waals surface area contributed by atoms with E-state index in [9.17, 15) is 23.4 Å². The summed E-state index contributed by atoms with van der Waals surface area (Å²) in [5.74, 6) is -0.328. The number of hydrogen-bond acceptors (Lipinski definition) is 3. The molecule has 0 bridgehead atoms. The van der Waals surface area contributed by atoms with Crippen molar-refractivity contribution in [2.75, 3.05) is 0 Å². The van der Waals surface area contributed by atoms with Gasteiger partial charge < -0.3 is 14.9 Å². The fraction of sp³-hybridized carbons (Fsp3) is 0. The van der Waals surface area contributed by atoms with Crippen molar-refractivity contribution < 1.29 is 28.1 Å². The lowest BCUT2D eigenvalue weighted by Crippen LogP contribution is -1.90. The van der Waals surface area contributed by atoms with E-state index < -0.39 is 12.1 Å². The number of rotatable bonds is 3. The van der Waals surface area contributed by atoms with E-state index >= 15 is 0 Å². The highest BCUT2D eigenvalue weighted by atomic mass is 19.3. The molecule has 0 unspecified atom stereocenters. The van der Waals surface area contributed by atoms with Crippen molar-refractivity contribution >= 4 is 0 Å². The minimum absolute atomic E-state index is 0.0941. The van der Waals surface area contributed by atoms with Crippen LogP contribution in [0.3, 0.4) is 0 Å². The lowest BCUT2D eigenvalue weighted by Gasteiger charge is -2.06. The van der Waals surface area contributed by atoms with E-state index in [1.54, 1.807) is 0 Å². The Hall–Kier alpha value is -2.63. The average molecular weight is 282 g/mol. The first-order valence-corrected chi connectivity index (χ1v) is 5.48. The van der Waals surface area contributed by atoms with Crippen molar-refractivity contribution in [2.45, 2.75) is 0 Å². The van der Waals surface area contributed by atoms with E-state index in [1.165, 1.54) is 42.5 Å². The Labute approximate surface area is 112 Å². The third-order valence-corrected chi connectivity index (χ3v) is 2.45. The third-order valence-electron chi connectivity index (χ3n) is 2.45. The molecule has 0 atom stereocenters. The summed E-state index contributed by atoms with van der Waals surface area (Å²) in [4.78, 5) is 0. The lowest BCUT2D eigenvalue weighted by atomic mass is 10.1. The number of phenols is 2. The molecule has 0 aliphatic carbocycles. The van der Waals surface area contributed by atoms with E-state index in [0.29, 0.717) is 11.1 Å². The van der Waals surface area contributed by atoms with Gasteiger partial charge in [0.05, 0.1) is 0 Å². The molecular formula is C14H9F3O3. The van der Waals surface area contributed by atoms with Crippen LogP contribution >= 0.6 is 0 Å². The minimum Gasteiger partial charge on any atom is -0.508 e. The summed E-state index contributed by atoms with van der Waals surface area (Å²) in [5.41, 5.74) is 1.11. The monoisotopic (exact) mass is 282 g/mol. The molecule has 0 aromatic heterocycles. The zero-order chi connectivity index (χ0) is 14.7. The Balaban J connectivity index is 2.26. The predicted octanol–water partition coefficient (Wildman–Crippen LogP) is 4.18. The lowest BCUT2D eigenvalue weighted by molar-refractivity contribution is 0.241. The second-order valence-electron chi connectivity index (χ2n) is 3.90. The molecule has 0 heterocycles. The molecule has 3 nitrogen and oxygen atoms in total. The molecular weight excluding hydrogens is 273 g/mol. The number of phenolic OH excluding ortho intramolecular Hbond substituents is 2. The van der Waals surface area contributed by atoms with Gasteiger partial charge in [-0.15, -0.1) is 0 Å². The van der Waals surface area contributed by atoms with Gasteiger partial charge in [-0.2, -0.15) is 13.2 Å². The first kappa shape index (κ1) is 13.8. The van der Waals surface area contributed by atoms with Crippen LogP contribution in [0.1, 0.15) is 0 Å². The molecule has 0 radical (unpaired) electrons. The quantitative estimate of drug-likeness (QED) is 0.830. The maximum atomic E-state index is 12.6. The van der Waals surface area contributed by atoms with Crippen LogP contribution in [0, 0.1) is 0 Å². The van der Waals surface area contributed by atoms with Gasteiger partial charge in [0.25, 0.3) is 0 Å². The van der Waals surface area contributed by atoms with Crippen molar-refractivity contribution in [3.8, 4) is 28.4 Å². The van der Waals surface area contributed by atoms with Crippen molar-refractivity contribution in [2.24, 2.45) is 0 Å². The van der Waals surface area contributed by atoms with Gasteiger partial charge in [0.15, 0.2) is 0 Å². The zero-order valence-electron chi connectivity index (χ0n) is 9.98. The van der Waals surface area contributed by atoms with Crippen LogP contribution in [0.2, 0.25) is 0 Å². The third kappa shape index (κ3) is 3.23. The molecule has 104 valence electrons. The van der Waals surface area contributed by atoms with Crippen molar-refractivity contribution in [3.63, 3.8) is 0 Å². The Kier molecular flexibility index (Phi) is 3.84. The van der Waals surface area contributed by atoms with Crippen LogP contribution < -0.4 is 4.74 Å². The van der Waals surface area contributed by atoms with Gasteiger partial charge in [0.2, 0.25) is 0 Å². The highest BCUT2D eigenvalue weighted by molar-refractivity contribution is 5.67. The van der Waals surface area contributed by atoms with E-state index in [1.807, 2.05) is 0 Å². The van der Waals surface area contributed by atoms with Crippen molar-refractivity contribution in [1.29, 1.82) is 0 Å². The van der Waals surface area contributed by atoms with Gasteiger partial charge in [-0.3, -0.25) is 0 Å². The molecule has 0 saturated carbocycles. The fourth-order valence-corrected chi connectivity index (χ4v) is 1.62. The van der Waals surface area contributed by atoms with E-state index in [-0.39, 0.29) is 17.2 Å². The molecule has 2 N–H and O–H groups in total. The number of hydrogen-bond donors (Lipinski definition) is 2. The van der Waals surface area contributed by atoms with E-state index in [0.717, 1.165) is 0 Å². The molecule has 0 aliphatic rings. The maximum absolute atomic E-state index is 12.6. The zero-order valence-corrected chi connectivity index (χ0v) is 9.98. The van der Waals surface area contributed by atoms with Gasteiger partial charge in [0.1, 0.15) is 17.2 Å². The second-order valence-corrected chi connectivity index (χ2v) is 3.90. The first-order valence-electron chi connectivity index (χ1n) is 5.48. The number of benzene rings is 2. The fourth-order valence-electron chi connectivity index (χ4n) is 1.62. The first-order chi connectivity index (χ1) is 9.45. The topological polar surface area (TPSA) is 49.7 Å².